The summed E-state index contributed by atoms with van der Waals surface area (Å²) in [6.07, 6.45) is 0. The van der Waals surface area contributed by atoms with E-state index in [0.29, 0.717) is 24.1 Å². The number of hydrogen-bond acceptors (Lipinski definition) is 3. The first-order chi connectivity index (χ1) is 13.7. The van der Waals surface area contributed by atoms with Crippen LogP contribution < -0.4 is 0 Å². The monoisotopic (exact) mass is 389 g/mol. The van der Waals surface area contributed by atoms with Crippen molar-refractivity contribution >= 4 is 11.6 Å². The van der Waals surface area contributed by atoms with Crippen LogP contribution in [0.25, 0.3) is 22.7 Å². The van der Waals surface area contributed by atoms with Crippen LogP contribution in [0.2, 0.25) is 5.02 Å². The van der Waals surface area contributed by atoms with Gasteiger partial charge in [0.1, 0.15) is 11.5 Å². The molecule has 1 heterocycles. The standard InChI is InChI=1S/C24H20ClNO2/c1-17-23(26-24(28-17)21-8-5-9-22(25)14-21)20-12-10-19(11-13-20)16-27-15-18-6-3-2-4-7-18/h2-14H,15-16H2,1H3. The van der Waals surface area contributed by atoms with Crippen molar-refractivity contribution in [2.45, 2.75) is 20.1 Å². The Hall–Kier alpha value is -2.88. The summed E-state index contributed by atoms with van der Waals surface area (Å²) in [4.78, 5) is 4.67. The van der Waals surface area contributed by atoms with E-state index in [1.807, 2.05) is 61.5 Å². The lowest BCUT2D eigenvalue weighted by Crippen LogP contribution is -1.94. The first-order valence-electron chi connectivity index (χ1n) is 9.13. The second-order valence-electron chi connectivity index (χ2n) is 6.61. The van der Waals surface area contributed by atoms with Gasteiger partial charge in [0, 0.05) is 16.1 Å². The van der Waals surface area contributed by atoms with E-state index >= 15 is 0 Å². The molecule has 0 aliphatic heterocycles. The van der Waals surface area contributed by atoms with Gasteiger partial charge in [-0.2, -0.15) is 0 Å². The predicted octanol–water partition coefficient (Wildman–Crippen LogP) is 6.69. The molecule has 1 aromatic heterocycles. The summed E-state index contributed by atoms with van der Waals surface area (Å²) in [6, 6.07) is 25.9. The van der Waals surface area contributed by atoms with Crippen LogP contribution in [-0.4, -0.2) is 4.98 Å². The zero-order chi connectivity index (χ0) is 19.3. The quantitative estimate of drug-likeness (QED) is 0.368. The second-order valence-corrected chi connectivity index (χ2v) is 7.05. The van der Waals surface area contributed by atoms with Crippen molar-refractivity contribution in [3.05, 3.63) is 101 Å². The Balaban J connectivity index is 1.45. The maximum absolute atomic E-state index is 6.08. The molecule has 4 aromatic rings. The van der Waals surface area contributed by atoms with Gasteiger partial charge >= 0.3 is 0 Å². The van der Waals surface area contributed by atoms with E-state index in [9.17, 15) is 0 Å². The van der Waals surface area contributed by atoms with Crippen molar-refractivity contribution in [2.24, 2.45) is 0 Å². The number of oxazole rings is 1. The Morgan fingerprint density at radius 1 is 0.821 bits per heavy atom. The minimum atomic E-state index is 0.570. The van der Waals surface area contributed by atoms with Crippen LogP contribution in [-0.2, 0) is 18.0 Å². The third kappa shape index (κ3) is 4.33. The van der Waals surface area contributed by atoms with E-state index in [1.165, 1.54) is 5.56 Å². The van der Waals surface area contributed by atoms with Gasteiger partial charge in [-0.1, -0.05) is 72.3 Å². The fraction of sp³-hybridized carbons (Fsp3) is 0.125. The molecule has 0 N–H and O–H groups in total. The highest BCUT2D eigenvalue weighted by Crippen LogP contribution is 2.29. The molecule has 0 amide bonds. The van der Waals surface area contributed by atoms with Gasteiger partial charge in [0.25, 0.3) is 0 Å². The van der Waals surface area contributed by atoms with E-state index in [0.717, 1.165) is 28.1 Å². The molecule has 3 nitrogen and oxygen atoms in total. The number of benzene rings is 3. The zero-order valence-electron chi connectivity index (χ0n) is 15.6. The van der Waals surface area contributed by atoms with Crippen molar-refractivity contribution in [2.75, 3.05) is 0 Å². The number of nitrogens with zero attached hydrogens (tertiary/aromatic N) is 1. The van der Waals surface area contributed by atoms with Gasteiger partial charge in [-0.25, -0.2) is 4.98 Å². The summed E-state index contributed by atoms with van der Waals surface area (Å²) >= 11 is 6.08. The highest BCUT2D eigenvalue weighted by molar-refractivity contribution is 6.30. The molecule has 28 heavy (non-hydrogen) atoms. The number of aryl methyl sites for hydroxylation is 1. The number of ether oxygens (including phenoxy) is 1. The molecule has 4 heteroatoms. The number of hydrogen-bond donors (Lipinski definition) is 0. The second kappa shape index (κ2) is 8.42. The van der Waals surface area contributed by atoms with Crippen LogP contribution in [0.4, 0.5) is 0 Å². The normalized spacial score (nSPS) is 10.9. The topological polar surface area (TPSA) is 35.3 Å². The van der Waals surface area contributed by atoms with Gasteiger partial charge in [-0.3, -0.25) is 0 Å². The van der Waals surface area contributed by atoms with Gasteiger partial charge in [-0.15, -0.1) is 0 Å². The molecule has 0 atom stereocenters. The van der Waals surface area contributed by atoms with Crippen molar-refractivity contribution in [1.29, 1.82) is 0 Å². The molecule has 0 bridgehead atoms. The smallest absolute Gasteiger partial charge is 0.226 e. The average Bonchev–Trinajstić information content (AvgIpc) is 3.11. The summed E-state index contributed by atoms with van der Waals surface area (Å²) < 4.78 is 11.7. The molecule has 0 aliphatic carbocycles. The third-order valence-electron chi connectivity index (χ3n) is 4.48. The number of rotatable bonds is 6. The van der Waals surface area contributed by atoms with Crippen LogP contribution >= 0.6 is 11.6 Å². The van der Waals surface area contributed by atoms with Crippen molar-refractivity contribution in [3.8, 4) is 22.7 Å². The lowest BCUT2D eigenvalue weighted by atomic mass is 10.1. The van der Waals surface area contributed by atoms with Crippen LogP contribution in [0.1, 0.15) is 16.9 Å². The van der Waals surface area contributed by atoms with Gasteiger partial charge in [-0.05, 0) is 36.2 Å². The van der Waals surface area contributed by atoms with E-state index in [-0.39, 0.29) is 0 Å². The Kier molecular flexibility index (Phi) is 5.56. The SMILES string of the molecule is Cc1oc(-c2cccc(Cl)c2)nc1-c1ccc(COCc2ccccc2)cc1. The lowest BCUT2D eigenvalue weighted by molar-refractivity contribution is 0.107. The van der Waals surface area contributed by atoms with Gasteiger partial charge in [0.2, 0.25) is 5.89 Å². The van der Waals surface area contributed by atoms with Crippen LogP contribution in [0.5, 0.6) is 0 Å². The Labute approximate surface area is 169 Å². The maximum Gasteiger partial charge on any atom is 0.226 e. The van der Waals surface area contributed by atoms with Crippen LogP contribution in [0.3, 0.4) is 0 Å². The summed E-state index contributed by atoms with van der Waals surface area (Å²) in [5, 5.41) is 0.662. The van der Waals surface area contributed by atoms with E-state index in [1.54, 1.807) is 0 Å². The van der Waals surface area contributed by atoms with E-state index in [2.05, 4.69) is 29.2 Å². The van der Waals surface area contributed by atoms with Crippen molar-refractivity contribution in [3.63, 3.8) is 0 Å². The van der Waals surface area contributed by atoms with Gasteiger partial charge in [0.05, 0.1) is 13.2 Å². The lowest BCUT2D eigenvalue weighted by Gasteiger charge is -2.05. The summed E-state index contributed by atoms with van der Waals surface area (Å²) in [5.74, 6) is 1.35. The molecule has 0 unspecified atom stereocenters. The Bertz CT molecular complexity index is 1060. The molecule has 0 spiro atoms. The number of aromatic nitrogens is 1. The highest BCUT2D eigenvalue weighted by Gasteiger charge is 2.13. The van der Waals surface area contributed by atoms with Crippen LogP contribution in [0, 0.1) is 6.92 Å². The summed E-state index contributed by atoms with van der Waals surface area (Å²) in [5.41, 5.74) is 5.02. The fourth-order valence-electron chi connectivity index (χ4n) is 3.03. The van der Waals surface area contributed by atoms with Crippen molar-refractivity contribution < 1.29 is 9.15 Å². The molecule has 0 saturated carbocycles. The molecule has 0 radical (unpaired) electrons. The largest absolute Gasteiger partial charge is 0.441 e. The Morgan fingerprint density at radius 3 is 2.25 bits per heavy atom. The minimum Gasteiger partial charge on any atom is -0.441 e. The molecule has 0 aliphatic rings. The first kappa shape index (κ1) is 18.5. The molecule has 140 valence electrons. The first-order valence-corrected chi connectivity index (χ1v) is 9.51. The summed E-state index contributed by atoms with van der Waals surface area (Å²) in [6.45, 7) is 3.10. The third-order valence-corrected chi connectivity index (χ3v) is 4.71. The molecular formula is C24H20ClNO2. The average molecular weight is 390 g/mol. The minimum absolute atomic E-state index is 0.570. The maximum atomic E-state index is 6.08. The van der Waals surface area contributed by atoms with Crippen molar-refractivity contribution in [1.82, 2.24) is 4.98 Å². The molecular weight excluding hydrogens is 370 g/mol. The number of halogens is 1. The molecule has 4 rings (SSSR count). The van der Waals surface area contributed by atoms with Crippen LogP contribution in [0.15, 0.2) is 83.3 Å². The summed E-state index contributed by atoms with van der Waals surface area (Å²) in [7, 11) is 0. The molecule has 0 saturated heterocycles. The van der Waals surface area contributed by atoms with E-state index in [4.69, 9.17) is 20.8 Å². The molecule has 3 aromatic carbocycles. The zero-order valence-corrected chi connectivity index (χ0v) is 16.3. The molecule has 0 fully saturated rings. The van der Waals surface area contributed by atoms with Gasteiger partial charge < -0.3 is 9.15 Å². The predicted molar refractivity (Wildman–Crippen MR) is 112 cm³/mol. The Morgan fingerprint density at radius 2 is 1.54 bits per heavy atom. The van der Waals surface area contributed by atoms with Gasteiger partial charge in [0.15, 0.2) is 0 Å². The van der Waals surface area contributed by atoms with E-state index < -0.39 is 0 Å². The fourth-order valence-corrected chi connectivity index (χ4v) is 3.22. The highest BCUT2D eigenvalue weighted by atomic mass is 35.5.